The standard InChI is InChI=1S/C15H23N3O3/c1-4-11(5-2)10-17-13-8-7-12(15(19)16-6-3)9-14(13)18(20)21/h7-9,11,17H,4-6,10H2,1-3H3,(H,16,19). The number of anilines is 1. The number of nitro groups is 1. The molecular formula is C15H23N3O3. The molecule has 0 saturated heterocycles. The van der Waals surface area contributed by atoms with E-state index in [0.717, 1.165) is 12.8 Å². The van der Waals surface area contributed by atoms with Crippen molar-refractivity contribution in [2.45, 2.75) is 33.6 Å². The quantitative estimate of drug-likeness (QED) is 0.569. The molecule has 0 radical (unpaired) electrons. The Morgan fingerprint density at radius 3 is 2.48 bits per heavy atom. The average Bonchev–Trinajstić information content (AvgIpc) is 2.48. The molecule has 21 heavy (non-hydrogen) atoms. The van der Waals surface area contributed by atoms with E-state index in [4.69, 9.17) is 0 Å². The molecule has 0 fully saturated rings. The van der Waals surface area contributed by atoms with Crippen molar-refractivity contribution < 1.29 is 9.72 Å². The maximum Gasteiger partial charge on any atom is 0.293 e. The topological polar surface area (TPSA) is 84.3 Å². The van der Waals surface area contributed by atoms with E-state index >= 15 is 0 Å². The van der Waals surface area contributed by atoms with Crippen LogP contribution in [0.5, 0.6) is 0 Å². The van der Waals surface area contributed by atoms with Crippen LogP contribution in [0.25, 0.3) is 0 Å². The lowest BCUT2D eigenvalue weighted by atomic mass is 10.0. The van der Waals surface area contributed by atoms with Gasteiger partial charge in [0.05, 0.1) is 4.92 Å². The maximum atomic E-state index is 11.7. The Labute approximate surface area is 125 Å². The molecule has 0 aliphatic heterocycles. The summed E-state index contributed by atoms with van der Waals surface area (Å²) in [6, 6.07) is 4.53. The monoisotopic (exact) mass is 293 g/mol. The summed E-state index contributed by atoms with van der Waals surface area (Å²) < 4.78 is 0. The molecule has 6 heteroatoms. The zero-order valence-electron chi connectivity index (χ0n) is 12.8. The number of benzene rings is 1. The molecule has 0 aliphatic carbocycles. The fourth-order valence-electron chi connectivity index (χ4n) is 2.07. The second-order valence-corrected chi connectivity index (χ2v) is 4.91. The lowest BCUT2D eigenvalue weighted by Crippen LogP contribution is -2.22. The summed E-state index contributed by atoms with van der Waals surface area (Å²) in [6.07, 6.45) is 2.04. The van der Waals surface area contributed by atoms with Crippen LogP contribution < -0.4 is 10.6 Å². The van der Waals surface area contributed by atoms with Gasteiger partial charge in [-0.3, -0.25) is 14.9 Å². The van der Waals surface area contributed by atoms with E-state index in [0.29, 0.717) is 30.3 Å². The minimum Gasteiger partial charge on any atom is -0.379 e. The molecule has 1 aromatic rings. The van der Waals surface area contributed by atoms with Crippen molar-refractivity contribution in [1.82, 2.24) is 5.32 Å². The fraction of sp³-hybridized carbons (Fsp3) is 0.533. The molecule has 0 aromatic heterocycles. The number of nitrogens with one attached hydrogen (secondary N) is 2. The summed E-state index contributed by atoms with van der Waals surface area (Å²) in [6.45, 7) is 7.18. The lowest BCUT2D eigenvalue weighted by Gasteiger charge is -2.14. The van der Waals surface area contributed by atoms with E-state index in [1.54, 1.807) is 19.1 Å². The Hall–Kier alpha value is -2.11. The van der Waals surface area contributed by atoms with Gasteiger partial charge in [-0.05, 0) is 25.0 Å². The molecule has 2 N–H and O–H groups in total. The number of rotatable bonds is 8. The Balaban J connectivity index is 2.94. The first-order chi connectivity index (χ1) is 10.0. The van der Waals surface area contributed by atoms with Gasteiger partial charge >= 0.3 is 0 Å². The highest BCUT2D eigenvalue weighted by molar-refractivity contribution is 5.95. The van der Waals surface area contributed by atoms with Gasteiger partial charge in [0.2, 0.25) is 0 Å². The number of nitro benzene ring substituents is 1. The number of nitrogens with zero attached hydrogens (tertiary/aromatic N) is 1. The fourth-order valence-corrected chi connectivity index (χ4v) is 2.07. The van der Waals surface area contributed by atoms with Crippen molar-refractivity contribution in [3.05, 3.63) is 33.9 Å². The average molecular weight is 293 g/mol. The molecule has 0 saturated carbocycles. The molecule has 0 aliphatic rings. The number of carbonyl (C=O) groups excluding carboxylic acids is 1. The van der Waals surface area contributed by atoms with Gasteiger partial charge in [-0.1, -0.05) is 26.7 Å². The van der Waals surface area contributed by atoms with Crippen LogP contribution in [-0.4, -0.2) is 23.9 Å². The molecule has 1 rings (SSSR count). The van der Waals surface area contributed by atoms with Crippen LogP contribution in [0.2, 0.25) is 0 Å². The third kappa shape index (κ3) is 4.73. The van der Waals surface area contributed by atoms with Crippen LogP contribution in [0.15, 0.2) is 18.2 Å². The van der Waals surface area contributed by atoms with Crippen molar-refractivity contribution in [1.29, 1.82) is 0 Å². The number of hydrogen-bond acceptors (Lipinski definition) is 4. The first kappa shape index (κ1) is 16.9. The van der Waals surface area contributed by atoms with Crippen LogP contribution in [0.3, 0.4) is 0 Å². The van der Waals surface area contributed by atoms with E-state index in [9.17, 15) is 14.9 Å². The van der Waals surface area contributed by atoms with Crippen LogP contribution in [0.4, 0.5) is 11.4 Å². The highest BCUT2D eigenvalue weighted by Gasteiger charge is 2.17. The minimum atomic E-state index is -0.460. The Morgan fingerprint density at radius 2 is 1.95 bits per heavy atom. The van der Waals surface area contributed by atoms with E-state index in [1.807, 2.05) is 0 Å². The van der Waals surface area contributed by atoms with Gasteiger partial charge in [0.25, 0.3) is 11.6 Å². The van der Waals surface area contributed by atoms with Crippen LogP contribution in [-0.2, 0) is 0 Å². The first-order valence-electron chi connectivity index (χ1n) is 7.33. The van der Waals surface area contributed by atoms with Crippen molar-refractivity contribution in [3.8, 4) is 0 Å². The maximum absolute atomic E-state index is 11.7. The van der Waals surface area contributed by atoms with Crippen molar-refractivity contribution in [2.24, 2.45) is 5.92 Å². The summed E-state index contributed by atoms with van der Waals surface area (Å²) in [7, 11) is 0. The third-order valence-corrected chi connectivity index (χ3v) is 3.53. The largest absolute Gasteiger partial charge is 0.379 e. The third-order valence-electron chi connectivity index (χ3n) is 3.53. The Morgan fingerprint density at radius 1 is 1.29 bits per heavy atom. The Bertz CT molecular complexity index is 499. The van der Waals surface area contributed by atoms with Crippen molar-refractivity contribution in [2.75, 3.05) is 18.4 Å². The molecule has 0 bridgehead atoms. The molecule has 0 atom stereocenters. The molecule has 6 nitrogen and oxygen atoms in total. The zero-order chi connectivity index (χ0) is 15.8. The predicted octanol–water partition coefficient (Wildman–Crippen LogP) is 3.19. The van der Waals surface area contributed by atoms with Crippen molar-refractivity contribution >= 4 is 17.3 Å². The molecule has 0 spiro atoms. The number of carbonyl (C=O) groups is 1. The molecule has 1 aromatic carbocycles. The second-order valence-electron chi connectivity index (χ2n) is 4.91. The van der Waals surface area contributed by atoms with Gasteiger partial charge in [-0.25, -0.2) is 0 Å². The predicted molar refractivity (Wildman–Crippen MR) is 83.7 cm³/mol. The SMILES string of the molecule is CCNC(=O)c1ccc(NCC(CC)CC)c([N+](=O)[O-])c1. The number of amides is 1. The van der Waals surface area contributed by atoms with Gasteiger partial charge < -0.3 is 10.6 Å². The van der Waals surface area contributed by atoms with E-state index < -0.39 is 4.92 Å². The molecule has 1 amide bonds. The van der Waals surface area contributed by atoms with E-state index in [1.165, 1.54) is 6.07 Å². The summed E-state index contributed by atoms with van der Waals surface area (Å²) in [4.78, 5) is 22.4. The second kappa shape index (κ2) is 8.24. The lowest BCUT2D eigenvalue weighted by molar-refractivity contribution is -0.384. The van der Waals surface area contributed by atoms with Gasteiger partial charge in [0.1, 0.15) is 5.69 Å². The zero-order valence-corrected chi connectivity index (χ0v) is 12.8. The summed E-state index contributed by atoms with van der Waals surface area (Å²) >= 11 is 0. The highest BCUT2D eigenvalue weighted by atomic mass is 16.6. The van der Waals surface area contributed by atoms with Crippen LogP contribution >= 0.6 is 0 Å². The highest BCUT2D eigenvalue weighted by Crippen LogP contribution is 2.26. The molecule has 116 valence electrons. The van der Waals surface area contributed by atoms with Crippen LogP contribution in [0.1, 0.15) is 44.0 Å². The minimum absolute atomic E-state index is 0.0651. The summed E-state index contributed by atoms with van der Waals surface area (Å²) in [5.74, 6) is 0.180. The van der Waals surface area contributed by atoms with Crippen LogP contribution in [0, 0.1) is 16.0 Å². The summed E-state index contributed by atoms with van der Waals surface area (Å²) in [5.41, 5.74) is 0.696. The number of hydrogen-bond donors (Lipinski definition) is 2. The van der Waals surface area contributed by atoms with Gasteiger partial charge in [0, 0.05) is 24.7 Å². The first-order valence-corrected chi connectivity index (χ1v) is 7.33. The Kier molecular flexibility index (Phi) is 6.65. The van der Waals surface area contributed by atoms with E-state index in [-0.39, 0.29) is 11.6 Å². The smallest absolute Gasteiger partial charge is 0.293 e. The van der Waals surface area contributed by atoms with Gasteiger partial charge in [0.15, 0.2) is 0 Å². The van der Waals surface area contributed by atoms with Gasteiger partial charge in [-0.2, -0.15) is 0 Å². The molecular weight excluding hydrogens is 270 g/mol. The summed E-state index contributed by atoms with van der Waals surface area (Å²) in [5, 5.41) is 16.9. The van der Waals surface area contributed by atoms with E-state index in [2.05, 4.69) is 24.5 Å². The molecule has 0 heterocycles. The normalized spacial score (nSPS) is 10.5. The van der Waals surface area contributed by atoms with Crippen molar-refractivity contribution in [3.63, 3.8) is 0 Å². The van der Waals surface area contributed by atoms with Gasteiger partial charge in [-0.15, -0.1) is 0 Å². The molecule has 0 unspecified atom stereocenters.